The van der Waals surface area contributed by atoms with Gasteiger partial charge in [0.25, 0.3) is 0 Å². The largest absolute Gasteiger partial charge is 0.493 e. The molecule has 0 amide bonds. The van der Waals surface area contributed by atoms with E-state index in [4.69, 9.17) is 30.5 Å². The highest BCUT2D eigenvalue weighted by Crippen LogP contribution is 2.36. The molecule has 0 spiro atoms. The van der Waals surface area contributed by atoms with Crippen LogP contribution in [0.1, 0.15) is 24.5 Å². The van der Waals surface area contributed by atoms with Crippen LogP contribution in [0.4, 0.5) is 0 Å². The summed E-state index contributed by atoms with van der Waals surface area (Å²) in [6, 6.07) is 9.33. The van der Waals surface area contributed by atoms with Crippen molar-refractivity contribution in [3.05, 3.63) is 46.5 Å². The Hall–Kier alpha value is -2.60. The summed E-state index contributed by atoms with van der Waals surface area (Å²) in [6.45, 7) is 3.15. The zero-order chi connectivity index (χ0) is 19.6. The monoisotopic (exact) mass is 392 g/mol. The maximum Gasteiger partial charge on any atom is 0.179 e. The van der Waals surface area contributed by atoms with Crippen LogP contribution in [0.3, 0.4) is 0 Å². The Morgan fingerprint density at radius 2 is 1.74 bits per heavy atom. The van der Waals surface area contributed by atoms with E-state index in [0.29, 0.717) is 41.2 Å². The molecule has 6 nitrogen and oxygen atoms in total. The van der Waals surface area contributed by atoms with Crippen molar-refractivity contribution in [2.75, 3.05) is 27.9 Å². The molecule has 0 bridgehead atoms. The van der Waals surface area contributed by atoms with Crippen LogP contribution in [-0.4, -0.2) is 34.2 Å². The molecule has 1 N–H and O–H groups in total. The fraction of sp³-hybridized carbons (Fsp3) is 0.350. The highest BCUT2D eigenvalue weighted by molar-refractivity contribution is 6.32. The second kappa shape index (κ2) is 10.5. The van der Waals surface area contributed by atoms with Crippen LogP contribution in [0.15, 0.2) is 35.4 Å². The first-order chi connectivity index (χ1) is 13.1. The minimum atomic E-state index is 0.490. The molecule has 27 heavy (non-hydrogen) atoms. The molecule has 0 saturated carbocycles. The van der Waals surface area contributed by atoms with Crippen molar-refractivity contribution in [2.24, 2.45) is 5.10 Å². The third kappa shape index (κ3) is 5.69. The lowest BCUT2D eigenvalue weighted by Gasteiger charge is -2.12. The van der Waals surface area contributed by atoms with E-state index in [-0.39, 0.29) is 0 Å². The number of halogens is 1. The summed E-state index contributed by atoms with van der Waals surface area (Å²) in [5.41, 5.74) is 4.83. The van der Waals surface area contributed by atoms with E-state index < -0.39 is 0 Å². The topological polar surface area (TPSA) is 61.3 Å². The fourth-order valence-electron chi connectivity index (χ4n) is 2.41. The second-order valence-corrected chi connectivity index (χ2v) is 6.07. The van der Waals surface area contributed by atoms with Crippen LogP contribution in [-0.2, 0) is 6.54 Å². The standard InChI is InChI=1S/C20H25ClN2O4/c1-5-8-27-20-16(21)9-15(11-19(20)26-4)13-23-22-12-14-6-7-17(24-2)18(10-14)25-3/h6-7,9-11,13,22H,5,8,12H2,1-4H3/b23-13+. The Bertz CT molecular complexity index is 781. The minimum Gasteiger partial charge on any atom is -0.493 e. The molecule has 0 saturated heterocycles. The highest BCUT2D eigenvalue weighted by atomic mass is 35.5. The average Bonchev–Trinajstić information content (AvgIpc) is 2.69. The normalized spacial score (nSPS) is 10.7. The van der Waals surface area contributed by atoms with Gasteiger partial charge in [-0.2, -0.15) is 5.10 Å². The highest BCUT2D eigenvalue weighted by Gasteiger charge is 2.11. The minimum absolute atomic E-state index is 0.490. The lowest BCUT2D eigenvalue weighted by molar-refractivity contribution is 0.294. The Kier molecular flexibility index (Phi) is 8.07. The van der Waals surface area contributed by atoms with E-state index in [1.807, 2.05) is 31.2 Å². The number of ether oxygens (including phenoxy) is 4. The average molecular weight is 393 g/mol. The Morgan fingerprint density at radius 3 is 2.41 bits per heavy atom. The number of nitrogens with zero attached hydrogens (tertiary/aromatic N) is 1. The van der Waals surface area contributed by atoms with Gasteiger partial charge in [-0.3, -0.25) is 0 Å². The first kappa shape index (κ1) is 20.7. The molecular weight excluding hydrogens is 368 g/mol. The van der Waals surface area contributed by atoms with E-state index in [1.54, 1.807) is 33.6 Å². The van der Waals surface area contributed by atoms with Crippen molar-refractivity contribution >= 4 is 17.8 Å². The molecule has 0 aliphatic rings. The van der Waals surface area contributed by atoms with Crippen molar-refractivity contribution in [1.82, 2.24) is 5.43 Å². The Labute approximate surface area is 165 Å². The quantitative estimate of drug-likeness (QED) is 0.483. The van der Waals surface area contributed by atoms with E-state index in [0.717, 1.165) is 17.5 Å². The zero-order valence-corrected chi connectivity index (χ0v) is 16.8. The molecular formula is C20H25ClN2O4. The van der Waals surface area contributed by atoms with Crippen LogP contribution in [0.2, 0.25) is 5.02 Å². The molecule has 0 radical (unpaired) electrons. The Morgan fingerprint density at radius 1 is 1.00 bits per heavy atom. The maximum absolute atomic E-state index is 6.31. The molecule has 0 heterocycles. The summed E-state index contributed by atoms with van der Waals surface area (Å²) in [6.07, 6.45) is 2.57. The summed E-state index contributed by atoms with van der Waals surface area (Å²) < 4.78 is 21.5. The smallest absolute Gasteiger partial charge is 0.179 e. The van der Waals surface area contributed by atoms with E-state index in [1.165, 1.54) is 0 Å². The number of hydrogen-bond acceptors (Lipinski definition) is 6. The SMILES string of the molecule is CCCOc1c(Cl)cc(/C=N/NCc2ccc(OC)c(OC)c2)cc1OC. The maximum atomic E-state index is 6.31. The Balaban J connectivity index is 2.03. The van der Waals surface area contributed by atoms with Gasteiger partial charge in [0.2, 0.25) is 0 Å². The number of nitrogens with one attached hydrogen (secondary N) is 1. The van der Waals surface area contributed by atoms with Crippen LogP contribution < -0.4 is 24.4 Å². The van der Waals surface area contributed by atoms with Crippen LogP contribution in [0, 0.1) is 0 Å². The van der Waals surface area contributed by atoms with Crippen molar-refractivity contribution < 1.29 is 18.9 Å². The summed E-state index contributed by atoms with van der Waals surface area (Å²) in [5.74, 6) is 2.51. The van der Waals surface area contributed by atoms with E-state index >= 15 is 0 Å². The molecule has 0 aromatic heterocycles. The third-order valence-electron chi connectivity index (χ3n) is 3.74. The van der Waals surface area contributed by atoms with Gasteiger partial charge >= 0.3 is 0 Å². The van der Waals surface area contributed by atoms with Gasteiger partial charge in [0.05, 0.1) is 45.7 Å². The molecule has 0 unspecified atom stereocenters. The number of methoxy groups -OCH3 is 3. The van der Waals surface area contributed by atoms with Gasteiger partial charge in [-0.1, -0.05) is 24.6 Å². The number of rotatable bonds is 10. The first-order valence-corrected chi connectivity index (χ1v) is 8.97. The van der Waals surface area contributed by atoms with Crippen molar-refractivity contribution in [3.8, 4) is 23.0 Å². The number of hydrogen-bond donors (Lipinski definition) is 1. The summed E-state index contributed by atoms with van der Waals surface area (Å²) >= 11 is 6.31. The predicted octanol–water partition coefficient (Wildman–Crippen LogP) is 4.28. The zero-order valence-electron chi connectivity index (χ0n) is 16.0. The van der Waals surface area contributed by atoms with Crippen molar-refractivity contribution in [1.29, 1.82) is 0 Å². The predicted molar refractivity (Wildman–Crippen MR) is 108 cm³/mol. The lowest BCUT2D eigenvalue weighted by atomic mass is 10.2. The van der Waals surface area contributed by atoms with Gasteiger partial charge in [-0.25, -0.2) is 0 Å². The van der Waals surface area contributed by atoms with Gasteiger partial charge in [0.1, 0.15) is 0 Å². The van der Waals surface area contributed by atoms with E-state index in [9.17, 15) is 0 Å². The number of hydrazone groups is 1. The van der Waals surface area contributed by atoms with Gasteiger partial charge in [0, 0.05) is 0 Å². The third-order valence-corrected chi connectivity index (χ3v) is 4.02. The fourth-order valence-corrected chi connectivity index (χ4v) is 2.68. The van der Waals surface area contributed by atoms with Crippen molar-refractivity contribution in [3.63, 3.8) is 0 Å². The van der Waals surface area contributed by atoms with Crippen molar-refractivity contribution in [2.45, 2.75) is 19.9 Å². The number of benzene rings is 2. The molecule has 0 aliphatic carbocycles. The molecule has 2 aromatic rings. The molecule has 2 aromatic carbocycles. The van der Waals surface area contributed by atoms with Crippen LogP contribution in [0.5, 0.6) is 23.0 Å². The van der Waals surface area contributed by atoms with E-state index in [2.05, 4.69) is 10.5 Å². The molecule has 146 valence electrons. The molecule has 2 rings (SSSR count). The van der Waals surface area contributed by atoms with Crippen LogP contribution >= 0.6 is 11.6 Å². The van der Waals surface area contributed by atoms with Gasteiger partial charge in [0.15, 0.2) is 23.0 Å². The summed E-state index contributed by atoms with van der Waals surface area (Å²) in [4.78, 5) is 0. The van der Waals surface area contributed by atoms with Gasteiger partial charge in [-0.15, -0.1) is 0 Å². The summed E-state index contributed by atoms with van der Waals surface area (Å²) in [7, 11) is 4.80. The first-order valence-electron chi connectivity index (χ1n) is 8.60. The second-order valence-electron chi connectivity index (χ2n) is 5.66. The van der Waals surface area contributed by atoms with Gasteiger partial charge < -0.3 is 24.4 Å². The molecule has 0 aliphatic heterocycles. The van der Waals surface area contributed by atoms with Gasteiger partial charge in [-0.05, 0) is 41.8 Å². The molecule has 0 atom stereocenters. The summed E-state index contributed by atoms with van der Waals surface area (Å²) in [5, 5.41) is 4.73. The molecule has 0 fully saturated rings. The molecule has 7 heteroatoms. The van der Waals surface area contributed by atoms with Crippen LogP contribution in [0.25, 0.3) is 0 Å². The lowest BCUT2D eigenvalue weighted by Crippen LogP contribution is -2.06.